The van der Waals surface area contributed by atoms with Crippen LogP contribution in [0.25, 0.3) is 10.9 Å². The van der Waals surface area contributed by atoms with E-state index < -0.39 is 0 Å². The zero-order valence-corrected chi connectivity index (χ0v) is 25.7. The lowest BCUT2D eigenvalue weighted by Gasteiger charge is -2.22. The maximum absolute atomic E-state index is 13.5. The molecule has 1 aliphatic rings. The van der Waals surface area contributed by atoms with Gasteiger partial charge in [0.15, 0.2) is 0 Å². The van der Waals surface area contributed by atoms with Gasteiger partial charge in [0.1, 0.15) is 24.0 Å². The van der Waals surface area contributed by atoms with Crippen molar-refractivity contribution in [3.63, 3.8) is 0 Å². The van der Waals surface area contributed by atoms with Crippen molar-refractivity contribution in [1.82, 2.24) is 9.66 Å². The van der Waals surface area contributed by atoms with Crippen LogP contribution in [0.3, 0.4) is 0 Å². The summed E-state index contributed by atoms with van der Waals surface area (Å²) in [5.41, 5.74) is 2.15. The van der Waals surface area contributed by atoms with Gasteiger partial charge in [-0.1, -0.05) is 47.3 Å². The van der Waals surface area contributed by atoms with E-state index in [0.29, 0.717) is 10.9 Å². The molecule has 190 valence electrons. The van der Waals surface area contributed by atoms with Gasteiger partial charge in [0.25, 0.3) is 5.56 Å². The largest absolute Gasteiger partial charge is 0.487 e. The van der Waals surface area contributed by atoms with Crippen LogP contribution < -0.4 is 10.3 Å². The Morgan fingerprint density at radius 1 is 1.08 bits per heavy atom. The van der Waals surface area contributed by atoms with Crippen molar-refractivity contribution >= 4 is 78.2 Å². The molecule has 9 heteroatoms. The van der Waals surface area contributed by atoms with E-state index in [0.717, 1.165) is 60.0 Å². The molecule has 0 saturated heterocycles. The third-order valence-corrected chi connectivity index (χ3v) is 8.51. The van der Waals surface area contributed by atoms with Crippen molar-refractivity contribution in [3.05, 3.63) is 99.3 Å². The molecule has 1 heterocycles. The Labute approximate surface area is 249 Å². The van der Waals surface area contributed by atoms with Gasteiger partial charge < -0.3 is 4.74 Å². The van der Waals surface area contributed by atoms with Crippen LogP contribution in [0.1, 0.15) is 55.0 Å². The van der Waals surface area contributed by atoms with Gasteiger partial charge in [0.05, 0.1) is 24.3 Å². The molecule has 0 amide bonds. The second-order valence-electron chi connectivity index (χ2n) is 9.06. The van der Waals surface area contributed by atoms with Gasteiger partial charge in [-0.25, -0.2) is 9.37 Å². The number of hydrogen-bond acceptors (Lipinski definition) is 4. The van der Waals surface area contributed by atoms with E-state index in [-0.39, 0.29) is 23.9 Å². The van der Waals surface area contributed by atoms with Crippen LogP contribution >= 0.6 is 61.1 Å². The molecule has 1 aromatic heterocycles. The molecule has 1 aliphatic carbocycles. The summed E-state index contributed by atoms with van der Waals surface area (Å²) in [4.78, 5) is 18.4. The molecular weight excluding hydrogens is 763 g/mol. The van der Waals surface area contributed by atoms with Crippen LogP contribution in [0.15, 0.2) is 69.0 Å². The smallest absolute Gasteiger partial charge is 0.282 e. The van der Waals surface area contributed by atoms with Crippen LogP contribution in [0.5, 0.6) is 5.75 Å². The molecule has 3 aromatic carbocycles. The minimum atomic E-state index is -0.282. The molecule has 5 rings (SSSR count). The summed E-state index contributed by atoms with van der Waals surface area (Å²) in [7, 11) is 0. The van der Waals surface area contributed by atoms with Gasteiger partial charge in [0.2, 0.25) is 0 Å². The first-order chi connectivity index (χ1) is 17.9. The maximum atomic E-state index is 13.5. The summed E-state index contributed by atoms with van der Waals surface area (Å²) >= 11 is 7.92. The third kappa shape index (κ3) is 6.25. The molecule has 0 radical (unpaired) electrons. The Morgan fingerprint density at radius 2 is 1.84 bits per heavy atom. The summed E-state index contributed by atoms with van der Waals surface area (Å²) in [6.07, 6.45) is 7.22. The van der Waals surface area contributed by atoms with E-state index >= 15 is 0 Å². The normalized spacial score (nSPS) is 14.5. The lowest BCUT2D eigenvalue weighted by molar-refractivity contribution is 0.301. The fourth-order valence-corrected chi connectivity index (χ4v) is 7.09. The first-order valence-electron chi connectivity index (χ1n) is 12.0. The van der Waals surface area contributed by atoms with Crippen LogP contribution in [0, 0.1) is 13.0 Å². The highest BCUT2D eigenvalue weighted by Crippen LogP contribution is 2.32. The van der Waals surface area contributed by atoms with Gasteiger partial charge in [0, 0.05) is 10.4 Å². The monoisotopic (exact) mass is 785 g/mol. The highest BCUT2D eigenvalue weighted by atomic mass is 127. The Kier molecular flexibility index (Phi) is 8.60. The second-order valence-corrected chi connectivity index (χ2v) is 12.3. The number of ether oxygens (including phenoxy) is 1. The van der Waals surface area contributed by atoms with Crippen molar-refractivity contribution in [1.29, 1.82) is 0 Å². The predicted molar refractivity (Wildman–Crippen MR) is 165 cm³/mol. The highest BCUT2D eigenvalue weighted by molar-refractivity contribution is 14.1. The lowest BCUT2D eigenvalue weighted by Crippen LogP contribution is -2.25. The van der Waals surface area contributed by atoms with Crippen molar-refractivity contribution in [2.45, 2.75) is 44.6 Å². The van der Waals surface area contributed by atoms with Crippen molar-refractivity contribution < 1.29 is 9.13 Å². The van der Waals surface area contributed by atoms with Crippen LogP contribution in [-0.4, -0.2) is 15.9 Å². The molecule has 0 atom stereocenters. The number of nitrogens with zero attached hydrogens (tertiary/aromatic N) is 3. The van der Waals surface area contributed by atoms with E-state index in [4.69, 9.17) is 9.72 Å². The van der Waals surface area contributed by atoms with Crippen molar-refractivity contribution in [2.24, 2.45) is 5.10 Å². The zero-order chi connectivity index (χ0) is 25.9. The quantitative estimate of drug-likeness (QED) is 0.147. The minimum absolute atomic E-state index is 0.164. The molecule has 0 aliphatic heterocycles. The molecule has 0 unspecified atom stereocenters. The average molecular weight is 786 g/mol. The van der Waals surface area contributed by atoms with Gasteiger partial charge >= 0.3 is 0 Å². The Morgan fingerprint density at radius 3 is 2.57 bits per heavy atom. The predicted octanol–water partition coefficient (Wildman–Crippen LogP) is 8.02. The Hall–Kier alpha value is -1.86. The van der Waals surface area contributed by atoms with Gasteiger partial charge in [-0.3, -0.25) is 4.79 Å². The molecular formula is C28H23BrFI2N3O2. The van der Waals surface area contributed by atoms with Crippen LogP contribution in [-0.2, 0) is 6.61 Å². The van der Waals surface area contributed by atoms with Gasteiger partial charge in [-0.2, -0.15) is 9.78 Å². The summed E-state index contributed by atoms with van der Waals surface area (Å²) < 4.78 is 23.6. The fourth-order valence-electron chi connectivity index (χ4n) is 4.60. The Balaban J connectivity index is 1.47. The van der Waals surface area contributed by atoms with E-state index in [1.165, 1.54) is 23.2 Å². The number of rotatable bonds is 6. The topological polar surface area (TPSA) is 56.5 Å². The van der Waals surface area contributed by atoms with Crippen LogP contribution in [0.2, 0.25) is 0 Å². The molecule has 4 aromatic rings. The molecule has 0 bridgehead atoms. The van der Waals surface area contributed by atoms with E-state index in [1.54, 1.807) is 18.3 Å². The minimum Gasteiger partial charge on any atom is -0.487 e. The fraction of sp³-hybridized carbons (Fsp3) is 0.250. The van der Waals surface area contributed by atoms with E-state index in [2.05, 4.69) is 66.2 Å². The molecule has 0 spiro atoms. The molecule has 1 saturated carbocycles. The molecule has 37 heavy (non-hydrogen) atoms. The molecule has 5 nitrogen and oxygen atoms in total. The van der Waals surface area contributed by atoms with E-state index in [1.807, 2.05) is 30.3 Å². The SMILES string of the molecule is O=c1c2cc(Br)ccc2nc(C2CCCCC2)n1N=Cc1cc(I)c(OCc2cccc(F)c2)c(I)c1. The third-order valence-electron chi connectivity index (χ3n) is 6.42. The summed E-state index contributed by atoms with van der Waals surface area (Å²) in [5, 5.41) is 5.20. The Bertz CT molecular complexity index is 1530. The lowest BCUT2D eigenvalue weighted by atomic mass is 9.88. The summed E-state index contributed by atoms with van der Waals surface area (Å²) in [6, 6.07) is 15.9. The highest BCUT2D eigenvalue weighted by Gasteiger charge is 2.22. The summed E-state index contributed by atoms with van der Waals surface area (Å²) in [5.74, 6) is 1.40. The van der Waals surface area contributed by atoms with Gasteiger partial charge in [-0.05, 0) is 112 Å². The van der Waals surface area contributed by atoms with Crippen molar-refractivity contribution in [2.75, 3.05) is 0 Å². The standard InChI is InChI=1S/C28H23BrFI2N3O2/c29-20-9-10-25-22(14-20)28(36)35(27(34-25)19-6-2-1-3-7-19)33-15-18-12-23(31)26(24(32)13-18)37-16-17-5-4-8-21(30)11-17/h4-5,8-15,19H,1-3,6-7,16H2. The maximum Gasteiger partial charge on any atom is 0.282 e. The van der Waals surface area contributed by atoms with Crippen molar-refractivity contribution in [3.8, 4) is 5.75 Å². The molecule has 0 N–H and O–H groups in total. The summed E-state index contributed by atoms with van der Waals surface area (Å²) in [6.45, 7) is 0.273. The number of benzene rings is 3. The average Bonchev–Trinajstić information content (AvgIpc) is 2.88. The number of fused-ring (bicyclic) bond motifs is 1. The first-order valence-corrected chi connectivity index (χ1v) is 15.0. The number of halogens is 4. The van der Waals surface area contributed by atoms with E-state index in [9.17, 15) is 9.18 Å². The van der Waals surface area contributed by atoms with Gasteiger partial charge in [-0.15, -0.1) is 0 Å². The van der Waals surface area contributed by atoms with Crippen LogP contribution in [0.4, 0.5) is 4.39 Å². The first kappa shape index (κ1) is 26.7. The number of aromatic nitrogens is 2. The second kappa shape index (κ2) is 11.9. The zero-order valence-electron chi connectivity index (χ0n) is 19.8. The number of hydrogen-bond donors (Lipinski definition) is 0. The molecule has 1 fully saturated rings.